The van der Waals surface area contributed by atoms with E-state index in [2.05, 4.69) is 9.97 Å². The zero-order chi connectivity index (χ0) is 21.4. The Balaban J connectivity index is 1.50. The molecule has 0 unspecified atom stereocenters. The van der Waals surface area contributed by atoms with Crippen LogP contribution in [0.25, 0.3) is 33.5 Å². The van der Waals surface area contributed by atoms with E-state index in [9.17, 15) is 4.79 Å². The number of nitrogens with zero attached hydrogens (tertiary/aromatic N) is 1. The molecule has 0 amide bonds. The molecule has 31 heavy (non-hydrogen) atoms. The summed E-state index contributed by atoms with van der Waals surface area (Å²) in [5.41, 5.74) is 2.39. The number of methoxy groups -OCH3 is 2. The highest BCUT2D eigenvalue weighted by atomic mass is 32.1. The highest BCUT2D eigenvalue weighted by Crippen LogP contribution is 2.36. The van der Waals surface area contributed by atoms with Gasteiger partial charge in [0, 0.05) is 10.9 Å². The lowest BCUT2D eigenvalue weighted by molar-refractivity contribution is 0.174. The molecule has 1 N–H and O–H groups in total. The van der Waals surface area contributed by atoms with Crippen molar-refractivity contribution < 1.29 is 18.9 Å². The third-order valence-electron chi connectivity index (χ3n) is 4.99. The van der Waals surface area contributed by atoms with Crippen molar-refractivity contribution in [3.8, 4) is 34.1 Å². The van der Waals surface area contributed by atoms with Crippen molar-refractivity contribution in [1.82, 2.24) is 9.97 Å². The second kappa shape index (κ2) is 7.81. The van der Waals surface area contributed by atoms with Gasteiger partial charge in [0.25, 0.3) is 5.56 Å². The van der Waals surface area contributed by atoms with Gasteiger partial charge in [-0.3, -0.25) is 4.79 Å². The molecule has 0 fully saturated rings. The average Bonchev–Trinajstić information content (AvgIpc) is 3.44. The van der Waals surface area contributed by atoms with Gasteiger partial charge in [-0.2, -0.15) is 0 Å². The molecule has 0 saturated heterocycles. The lowest BCUT2D eigenvalue weighted by Gasteiger charge is -2.09. The van der Waals surface area contributed by atoms with Crippen LogP contribution in [0.15, 0.2) is 46.6 Å². The summed E-state index contributed by atoms with van der Waals surface area (Å²) in [7, 11) is 3.17. The number of aromatic amines is 1. The molecule has 156 valence electrons. The maximum atomic E-state index is 12.9. The van der Waals surface area contributed by atoms with E-state index in [1.54, 1.807) is 20.3 Å². The van der Waals surface area contributed by atoms with Crippen molar-refractivity contribution in [2.24, 2.45) is 0 Å². The number of thiophene rings is 1. The molecule has 2 aromatic heterocycles. The van der Waals surface area contributed by atoms with Gasteiger partial charge in [0.15, 0.2) is 23.0 Å². The molecule has 0 radical (unpaired) electrons. The molecule has 5 rings (SSSR count). The molecule has 3 heterocycles. The quantitative estimate of drug-likeness (QED) is 0.496. The van der Waals surface area contributed by atoms with Crippen LogP contribution in [0.1, 0.15) is 11.4 Å². The fourth-order valence-corrected chi connectivity index (χ4v) is 4.41. The summed E-state index contributed by atoms with van der Waals surface area (Å²) in [6.07, 6.45) is 3.64. The largest absolute Gasteiger partial charge is 0.493 e. The number of benzene rings is 2. The van der Waals surface area contributed by atoms with Crippen LogP contribution in [0.3, 0.4) is 0 Å². The third-order valence-corrected chi connectivity index (χ3v) is 5.86. The van der Waals surface area contributed by atoms with Crippen LogP contribution in [0.2, 0.25) is 0 Å². The molecule has 0 saturated carbocycles. The minimum absolute atomic E-state index is 0.193. The topological polar surface area (TPSA) is 82.7 Å². The Morgan fingerprint density at radius 1 is 1.03 bits per heavy atom. The minimum atomic E-state index is -0.193. The summed E-state index contributed by atoms with van der Waals surface area (Å²) in [5, 5.41) is 2.48. The maximum Gasteiger partial charge on any atom is 0.260 e. The molecule has 2 aromatic carbocycles. The number of nitrogens with one attached hydrogen (secondary N) is 1. The fraction of sp³-hybridized carbons (Fsp3) is 0.130. The van der Waals surface area contributed by atoms with E-state index in [1.165, 1.54) is 11.3 Å². The van der Waals surface area contributed by atoms with Gasteiger partial charge in [-0.25, -0.2) is 4.98 Å². The summed E-state index contributed by atoms with van der Waals surface area (Å²) in [6.45, 7) is 0.231. The molecule has 0 atom stereocenters. The standard InChI is InChI=1S/C23H18N2O5S/c1-27-16-7-5-14(10-18(16)28-2)15-11-31-23-21(15)22(26)24-20(25-23)8-4-13-3-6-17-19(9-13)30-12-29-17/h3-11H,12H2,1-2H3,(H,24,25,26). The number of hydrogen-bond acceptors (Lipinski definition) is 7. The van der Waals surface area contributed by atoms with E-state index < -0.39 is 0 Å². The lowest BCUT2D eigenvalue weighted by atomic mass is 10.1. The van der Waals surface area contributed by atoms with Crippen molar-refractivity contribution in [1.29, 1.82) is 0 Å². The molecule has 7 nitrogen and oxygen atoms in total. The number of H-pyrrole nitrogens is 1. The van der Waals surface area contributed by atoms with E-state index in [1.807, 2.05) is 47.9 Å². The van der Waals surface area contributed by atoms with Crippen LogP contribution in [0, 0.1) is 0 Å². The molecular weight excluding hydrogens is 416 g/mol. The van der Waals surface area contributed by atoms with Crippen LogP contribution in [-0.2, 0) is 0 Å². The molecular formula is C23H18N2O5S. The number of ether oxygens (including phenoxy) is 4. The summed E-state index contributed by atoms with van der Waals surface area (Å²) < 4.78 is 21.4. The second-order valence-electron chi connectivity index (χ2n) is 6.80. The van der Waals surface area contributed by atoms with E-state index in [-0.39, 0.29) is 12.4 Å². The fourth-order valence-electron chi connectivity index (χ4n) is 3.45. The Kier molecular flexibility index (Phi) is 4.83. The van der Waals surface area contributed by atoms with Crippen molar-refractivity contribution >= 4 is 33.7 Å². The van der Waals surface area contributed by atoms with Gasteiger partial charge in [-0.15, -0.1) is 11.3 Å². The van der Waals surface area contributed by atoms with E-state index >= 15 is 0 Å². The monoisotopic (exact) mass is 434 g/mol. The minimum Gasteiger partial charge on any atom is -0.493 e. The molecule has 4 aromatic rings. The van der Waals surface area contributed by atoms with Crippen LogP contribution in [0.5, 0.6) is 23.0 Å². The van der Waals surface area contributed by atoms with Gasteiger partial charge in [0.1, 0.15) is 10.7 Å². The molecule has 0 bridgehead atoms. The Morgan fingerprint density at radius 3 is 2.71 bits per heavy atom. The zero-order valence-electron chi connectivity index (χ0n) is 16.8. The SMILES string of the molecule is COc1ccc(-c2csc3nc(C=Cc4ccc5c(c4)OCO5)[nH]c(=O)c23)cc1OC. The normalized spacial score (nSPS) is 12.6. The first-order valence-electron chi connectivity index (χ1n) is 9.48. The van der Waals surface area contributed by atoms with Gasteiger partial charge in [0.05, 0.1) is 19.6 Å². The summed E-state index contributed by atoms with van der Waals surface area (Å²) in [6, 6.07) is 11.2. The van der Waals surface area contributed by atoms with Crippen molar-refractivity contribution in [3.63, 3.8) is 0 Å². The highest BCUT2D eigenvalue weighted by Gasteiger charge is 2.15. The van der Waals surface area contributed by atoms with Gasteiger partial charge < -0.3 is 23.9 Å². The van der Waals surface area contributed by atoms with Crippen LogP contribution in [-0.4, -0.2) is 31.0 Å². The number of aromatic nitrogens is 2. The first-order valence-corrected chi connectivity index (χ1v) is 10.4. The average molecular weight is 434 g/mol. The third kappa shape index (κ3) is 3.51. The Labute approximate surface area is 181 Å². The maximum absolute atomic E-state index is 12.9. The number of hydrogen-bond donors (Lipinski definition) is 1. The molecule has 0 spiro atoms. The summed E-state index contributed by atoms with van der Waals surface area (Å²) in [5.74, 6) is 3.15. The first-order chi connectivity index (χ1) is 15.2. The Bertz CT molecular complexity index is 1370. The summed E-state index contributed by atoms with van der Waals surface area (Å²) >= 11 is 1.42. The smallest absolute Gasteiger partial charge is 0.260 e. The zero-order valence-corrected chi connectivity index (χ0v) is 17.6. The van der Waals surface area contributed by atoms with Crippen molar-refractivity contribution in [3.05, 3.63) is 63.5 Å². The highest BCUT2D eigenvalue weighted by molar-refractivity contribution is 7.17. The summed E-state index contributed by atoms with van der Waals surface area (Å²) in [4.78, 5) is 21.0. The first kappa shape index (κ1) is 19.2. The Morgan fingerprint density at radius 2 is 1.87 bits per heavy atom. The van der Waals surface area contributed by atoms with Crippen LogP contribution < -0.4 is 24.5 Å². The molecule has 1 aliphatic heterocycles. The number of rotatable bonds is 5. The predicted octanol–water partition coefficient (Wildman–Crippen LogP) is 4.57. The van der Waals surface area contributed by atoms with Gasteiger partial charge in [-0.1, -0.05) is 18.2 Å². The van der Waals surface area contributed by atoms with Gasteiger partial charge >= 0.3 is 0 Å². The van der Waals surface area contributed by atoms with E-state index in [0.29, 0.717) is 33.3 Å². The van der Waals surface area contributed by atoms with Gasteiger partial charge in [-0.05, 0) is 41.5 Å². The number of fused-ring (bicyclic) bond motifs is 2. The van der Waals surface area contributed by atoms with Crippen LogP contribution >= 0.6 is 11.3 Å². The van der Waals surface area contributed by atoms with Crippen molar-refractivity contribution in [2.45, 2.75) is 0 Å². The van der Waals surface area contributed by atoms with E-state index in [0.717, 1.165) is 22.4 Å². The molecule has 8 heteroatoms. The van der Waals surface area contributed by atoms with E-state index in [4.69, 9.17) is 18.9 Å². The predicted molar refractivity (Wildman–Crippen MR) is 120 cm³/mol. The second-order valence-corrected chi connectivity index (χ2v) is 7.65. The lowest BCUT2D eigenvalue weighted by Crippen LogP contribution is -2.09. The molecule has 0 aliphatic carbocycles. The van der Waals surface area contributed by atoms with Crippen molar-refractivity contribution in [2.75, 3.05) is 21.0 Å². The Hall–Kier alpha value is -3.78. The van der Waals surface area contributed by atoms with Crippen LogP contribution in [0.4, 0.5) is 0 Å². The molecule has 1 aliphatic rings. The van der Waals surface area contributed by atoms with Gasteiger partial charge in [0.2, 0.25) is 6.79 Å².